The van der Waals surface area contributed by atoms with Crippen LogP contribution < -0.4 is 4.74 Å². The maximum Gasteiger partial charge on any atom is 0.254 e. The first-order chi connectivity index (χ1) is 10.7. The van der Waals surface area contributed by atoms with Crippen LogP contribution in [0.4, 0.5) is 0 Å². The van der Waals surface area contributed by atoms with Crippen LogP contribution in [0.5, 0.6) is 5.75 Å². The molecule has 2 aliphatic carbocycles. The molecule has 22 heavy (non-hydrogen) atoms. The third-order valence-electron chi connectivity index (χ3n) is 6.06. The maximum atomic E-state index is 13.0. The van der Waals surface area contributed by atoms with E-state index in [0.29, 0.717) is 6.04 Å². The fourth-order valence-corrected chi connectivity index (χ4v) is 5.93. The van der Waals surface area contributed by atoms with Gasteiger partial charge in [-0.05, 0) is 60.6 Å². The van der Waals surface area contributed by atoms with E-state index in [1.807, 2.05) is 12.1 Å². The van der Waals surface area contributed by atoms with Crippen LogP contribution in [-0.2, 0) is 0 Å². The summed E-state index contributed by atoms with van der Waals surface area (Å²) < 4.78 is 6.69. The summed E-state index contributed by atoms with van der Waals surface area (Å²) >= 11 is 1.69. The van der Waals surface area contributed by atoms with Gasteiger partial charge in [-0.3, -0.25) is 4.79 Å². The zero-order valence-corrected chi connectivity index (χ0v) is 13.7. The molecule has 0 radical (unpaired) electrons. The number of benzene rings is 1. The number of ether oxygens (including phenoxy) is 1. The van der Waals surface area contributed by atoms with Gasteiger partial charge in [-0.25, -0.2) is 0 Å². The van der Waals surface area contributed by atoms with Gasteiger partial charge in [-0.1, -0.05) is 0 Å². The number of rotatable bonds is 2. The molecule has 2 saturated carbocycles. The van der Waals surface area contributed by atoms with Gasteiger partial charge in [-0.15, -0.1) is 11.3 Å². The van der Waals surface area contributed by atoms with E-state index in [0.717, 1.165) is 45.7 Å². The number of carbonyl (C=O) groups is 1. The van der Waals surface area contributed by atoms with Crippen LogP contribution in [0.25, 0.3) is 10.1 Å². The molecule has 4 heteroatoms. The molecule has 1 aromatic heterocycles. The standard InChI is InChI=1S/C18H19NO2S/c1-9-8-22-15-6-11(5-14(21-2)16(9)15)18(20)19-7-12-3-10-4-13(19)17(10)12/h5-6,8,10,12-13,17H,3-4,7H2,1-2H3/t10?,12?,13?,17-/m1/s1. The normalized spacial score (nSPS) is 31.6. The van der Waals surface area contributed by atoms with Crippen molar-refractivity contribution in [2.75, 3.05) is 13.7 Å². The van der Waals surface area contributed by atoms with Crippen molar-refractivity contribution in [3.63, 3.8) is 0 Å². The van der Waals surface area contributed by atoms with Crippen molar-refractivity contribution in [1.82, 2.24) is 4.90 Å². The third-order valence-corrected chi connectivity index (χ3v) is 7.11. The summed E-state index contributed by atoms with van der Waals surface area (Å²) in [6.07, 6.45) is 2.57. The molecule has 114 valence electrons. The molecule has 3 aliphatic rings. The molecule has 1 aliphatic heterocycles. The minimum atomic E-state index is 0.198. The van der Waals surface area contributed by atoms with Crippen LogP contribution in [0, 0.1) is 24.7 Å². The summed E-state index contributed by atoms with van der Waals surface area (Å²) in [6.45, 7) is 3.06. The second kappa shape index (κ2) is 4.25. The van der Waals surface area contributed by atoms with Gasteiger partial charge in [-0.2, -0.15) is 0 Å². The summed E-state index contributed by atoms with van der Waals surface area (Å²) in [6, 6.07) is 4.50. The molecular weight excluding hydrogens is 294 g/mol. The number of hydrogen-bond donors (Lipinski definition) is 0. The Bertz CT molecular complexity index is 796. The molecule has 5 rings (SSSR count). The predicted octanol–water partition coefficient (Wildman–Crippen LogP) is 3.70. The van der Waals surface area contributed by atoms with Gasteiger partial charge in [0, 0.05) is 28.2 Å². The van der Waals surface area contributed by atoms with Crippen molar-refractivity contribution < 1.29 is 9.53 Å². The highest BCUT2D eigenvalue weighted by molar-refractivity contribution is 7.17. The number of amides is 1. The lowest BCUT2D eigenvalue weighted by molar-refractivity contribution is -0.0204. The van der Waals surface area contributed by atoms with Crippen LogP contribution in [-0.4, -0.2) is 30.5 Å². The number of methoxy groups -OCH3 is 1. The van der Waals surface area contributed by atoms with Gasteiger partial charge in [0.2, 0.25) is 0 Å². The van der Waals surface area contributed by atoms with Crippen LogP contribution >= 0.6 is 11.3 Å². The van der Waals surface area contributed by atoms with E-state index in [9.17, 15) is 4.79 Å². The summed E-state index contributed by atoms with van der Waals surface area (Å²) in [5.74, 6) is 3.54. The lowest BCUT2D eigenvalue weighted by Gasteiger charge is -2.52. The van der Waals surface area contributed by atoms with Crippen molar-refractivity contribution in [2.24, 2.45) is 17.8 Å². The number of fused-ring (bicyclic) bond motifs is 1. The first-order valence-electron chi connectivity index (χ1n) is 8.04. The number of likely N-dealkylation sites (tertiary alicyclic amines) is 1. The van der Waals surface area contributed by atoms with E-state index >= 15 is 0 Å². The molecule has 1 amide bonds. The van der Waals surface area contributed by atoms with Crippen molar-refractivity contribution in [1.29, 1.82) is 0 Å². The molecule has 3 fully saturated rings. The molecule has 1 aromatic carbocycles. The molecule has 0 bridgehead atoms. The van der Waals surface area contributed by atoms with Crippen LogP contribution in [0.15, 0.2) is 17.5 Å². The minimum Gasteiger partial charge on any atom is -0.496 e. The number of hydrogen-bond acceptors (Lipinski definition) is 3. The molecule has 3 unspecified atom stereocenters. The minimum absolute atomic E-state index is 0.198. The van der Waals surface area contributed by atoms with E-state index in [2.05, 4.69) is 17.2 Å². The summed E-state index contributed by atoms with van der Waals surface area (Å²) in [7, 11) is 1.69. The predicted molar refractivity (Wildman–Crippen MR) is 87.6 cm³/mol. The second-order valence-electron chi connectivity index (χ2n) is 7.06. The Labute approximate surface area is 133 Å². The quantitative estimate of drug-likeness (QED) is 0.846. The second-order valence-corrected chi connectivity index (χ2v) is 7.98. The molecule has 0 spiro atoms. The van der Waals surface area contributed by atoms with Gasteiger partial charge in [0.05, 0.1) is 7.11 Å². The lowest BCUT2D eigenvalue weighted by atomic mass is 9.53. The van der Waals surface area contributed by atoms with Gasteiger partial charge in [0.25, 0.3) is 5.91 Å². The number of aryl methyl sites for hydroxylation is 1. The van der Waals surface area contributed by atoms with Gasteiger partial charge >= 0.3 is 0 Å². The Morgan fingerprint density at radius 1 is 1.32 bits per heavy atom. The third kappa shape index (κ3) is 1.49. The van der Waals surface area contributed by atoms with Crippen molar-refractivity contribution in [3.8, 4) is 5.75 Å². The van der Waals surface area contributed by atoms with Crippen molar-refractivity contribution in [3.05, 3.63) is 28.6 Å². The van der Waals surface area contributed by atoms with E-state index in [4.69, 9.17) is 4.74 Å². The fourth-order valence-electron chi connectivity index (χ4n) is 4.93. The Balaban J connectivity index is 1.54. The number of carbonyl (C=O) groups excluding carboxylic acids is 1. The van der Waals surface area contributed by atoms with E-state index < -0.39 is 0 Å². The lowest BCUT2D eigenvalue weighted by Crippen LogP contribution is -2.53. The zero-order chi connectivity index (χ0) is 15.0. The first kappa shape index (κ1) is 12.9. The molecule has 2 aromatic rings. The highest BCUT2D eigenvalue weighted by Crippen LogP contribution is 2.60. The topological polar surface area (TPSA) is 29.5 Å². The summed E-state index contributed by atoms with van der Waals surface area (Å²) in [5.41, 5.74) is 2.01. The molecule has 3 nitrogen and oxygen atoms in total. The smallest absolute Gasteiger partial charge is 0.254 e. The SMILES string of the molecule is COc1cc(C(=O)N2CC3CC4CC2[C@H]43)cc2scc(C)c12. The van der Waals surface area contributed by atoms with Crippen LogP contribution in [0.1, 0.15) is 28.8 Å². The molecule has 2 heterocycles. The van der Waals surface area contributed by atoms with E-state index in [-0.39, 0.29) is 5.91 Å². The molecule has 4 atom stereocenters. The van der Waals surface area contributed by atoms with Crippen molar-refractivity contribution in [2.45, 2.75) is 25.8 Å². The molecular formula is C18H19NO2S. The highest BCUT2D eigenvalue weighted by Gasteiger charge is 2.61. The number of nitrogens with zero attached hydrogens (tertiary/aromatic N) is 1. The van der Waals surface area contributed by atoms with E-state index in [1.54, 1.807) is 18.4 Å². The highest BCUT2D eigenvalue weighted by atomic mass is 32.1. The Morgan fingerprint density at radius 3 is 2.91 bits per heavy atom. The van der Waals surface area contributed by atoms with Gasteiger partial charge < -0.3 is 9.64 Å². The average Bonchev–Trinajstić information content (AvgIpc) is 2.87. The fraction of sp³-hybridized carbons (Fsp3) is 0.500. The van der Waals surface area contributed by atoms with Crippen LogP contribution in [0.2, 0.25) is 0 Å². The Hall–Kier alpha value is -1.55. The maximum absolute atomic E-state index is 13.0. The monoisotopic (exact) mass is 313 g/mol. The number of thiophene rings is 1. The Morgan fingerprint density at radius 2 is 2.18 bits per heavy atom. The average molecular weight is 313 g/mol. The largest absolute Gasteiger partial charge is 0.496 e. The molecule has 0 N–H and O–H groups in total. The first-order valence-corrected chi connectivity index (χ1v) is 8.92. The van der Waals surface area contributed by atoms with Gasteiger partial charge in [0.15, 0.2) is 0 Å². The van der Waals surface area contributed by atoms with Crippen molar-refractivity contribution >= 4 is 27.3 Å². The Kier molecular flexibility index (Phi) is 2.50. The van der Waals surface area contributed by atoms with Crippen LogP contribution in [0.3, 0.4) is 0 Å². The zero-order valence-electron chi connectivity index (χ0n) is 12.8. The van der Waals surface area contributed by atoms with Gasteiger partial charge in [0.1, 0.15) is 5.75 Å². The summed E-state index contributed by atoms with van der Waals surface area (Å²) in [4.78, 5) is 15.1. The summed E-state index contributed by atoms with van der Waals surface area (Å²) in [5, 5.41) is 3.28. The van der Waals surface area contributed by atoms with E-state index in [1.165, 1.54) is 18.4 Å². The molecule has 1 saturated heterocycles.